The second-order valence-corrected chi connectivity index (χ2v) is 10.8. The number of carbonyl (C=O) groups is 2. The number of ether oxygens (including phenoxy) is 3. The first-order chi connectivity index (χ1) is 18.1. The molecule has 3 aromatic rings. The van der Waals surface area contributed by atoms with Gasteiger partial charge in [-0.2, -0.15) is 0 Å². The maximum atomic E-state index is 12.4. The molecular weight excluding hydrogens is 504 g/mol. The predicted molar refractivity (Wildman–Crippen MR) is 148 cm³/mol. The number of anilines is 1. The van der Waals surface area contributed by atoms with Gasteiger partial charge in [-0.3, -0.25) is 0 Å². The van der Waals surface area contributed by atoms with Crippen LogP contribution in [0.3, 0.4) is 0 Å². The van der Waals surface area contributed by atoms with Gasteiger partial charge in [0.2, 0.25) is 0 Å². The van der Waals surface area contributed by atoms with Crippen molar-refractivity contribution in [2.75, 3.05) is 31.6 Å². The highest BCUT2D eigenvalue weighted by atomic mass is 35.5. The van der Waals surface area contributed by atoms with Crippen molar-refractivity contribution in [1.82, 2.24) is 4.90 Å². The van der Waals surface area contributed by atoms with Crippen molar-refractivity contribution in [2.24, 2.45) is 5.92 Å². The van der Waals surface area contributed by atoms with Crippen LogP contribution in [0.2, 0.25) is 5.02 Å². The minimum atomic E-state index is -0.519. The number of amides is 1. The van der Waals surface area contributed by atoms with Crippen molar-refractivity contribution >= 4 is 29.4 Å². The highest BCUT2D eigenvalue weighted by Crippen LogP contribution is 2.29. The van der Waals surface area contributed by atoms with Gasteiger partial charge in [0, 0.05) is 42.8 Å². The molecule has 1 aliphatic rings. The molecule has 0 atom stereocenters. The van der Waals surface area contributed by atoms with Crippen LogP contribution in [0.5, 0.6) is 11.5 Å². The Kier molecular flexibility index (Phi) is 8.47. The van der Waals surface area contributed by atoms with Crippen molar-refractivity contribution in [3.8, 4) is 11.5 Å². The summed E-state index contributed by atoms with van der Waals surface area (Å²) in [5, 5.41) is 0.654. The number of nitrogens with zero attached hydrogens (tertiary/aromatic N) is 2. The lowest BCUT2D eigenvalue weighted by atomic mass is 9.99. The zero-order valence-corrected chi connectivity index (χ0v) is 22.9. The van der Waals surface area contributed by atoms with E-state index >= 15 is 0 Å². The first-order valence-electron chi connectivity index (χ1n) is 12.5. The van der Waals surface area contributed by atoms with Gasteiger partial charge in [-0.1, -0.05) is 23.7 Å². The van der Waals surface area contributed by atoms with E-state index in [4.69, 9.17) is 25.8 Å². The van der Waals surface area contributed by atoms with Crippen molar-refractivity contribution < 1.29 is 23.8 Å². The fraction of sp³-hybridized carbons (Fsp3) is 0.333. The number of hydrogen-bond acceptors (Lipinski definition) is 6. The second kappa shape index (κ2) is 11.8. The Bertz CT molecular complexity index is 1250. The maximum Gasteiger partial charge on any atom is 0.410 e. The summed E-state index contributed by atoms with van der Waals surface area (Å²) in [6.07, 6.45) is -0.283. The number of hydrogen-bond donors (Lipinski definition) is 0. The quantitative estimate of drug-likeness (QED) is 0.295. The topological polar surface area (TPSA) is 68.3 Å². The number of halogens is 1. The number of carbonyl (C=O) groups excluding carboxylic acids is 2. The molecule has 0 N–H and O–H groups in total. The molecule has 200 valence electrons. The summed E-state index contributed by atoms with van der Waals surface area (Å²) in [7, 11) is 1.38. The third kappa shape index (κ3) is 7.42. The summed E-state index contributed by atoms with van der Waals surface area (Å²) >= 11 is 5.97. The Morgan fingerprint density at radius 2 is 1.61 bits per heavy atom. The monoisotopic (exact) mass is 536 g/mol. The zero-order valence-electron chi connectivity index (χ0n) is 22.1. The normalized spacial score (nSPS) is 13.4. The van der Waals surface area contributed by atoms with Crippen LogP contribution < -0.4 is 9.64 Å². The molecule has 38 heavy (non-hydrogen) atoms. The van der Waals surface area contributed by atoms with Crippen LogP contribution in [0.1, 0.15) is 36.7 Å². The SMILES string of the molecule is COC(=O)c1cccc(CN(CC2CN(C(=O)OC(C)(C)C)C2)c2ccc(Oc3ccc(Cl)cc3)cc2)c1. The van der Waals surface area contributed by atoms with Gasteiger partial charge in [-0.15, -0.1) is 0 Å². The second-order valence-electron chi connectivity index (χ2n) is 10.4. The largest absolute Gasteiger partial charge is 0.465 e. The molecule has 0 radical (unpaired) electrons. The molecule has 1 heterocycles. The molecule has 3 aromatic carbocycles. The average molecular weight is 537 g/mol. The minimum absolute atomic E-state index is 0.283. The standard InChI is InChI=1S/C30H33ClN2O5/c1-30(2,3)38-29(35)33-19-22(20-33)18-32(17-21-6-5-7-23(16-21)28(34)36-4)25-10-14-27(15-11-25)37-26-12-8-24(31)9-13-26/h5-16,22H,17-20H2,1-4H3. The number of methoxy groups -OCH3 is 1. The Balaban J connectivity index is 1.48. The summed E-state index contributed by atoms with van der Waals surface area (Å²) in [6.45, 7) is 8.19. The van der Waals surface area contributed by atoms with E-state index in [0.717, 1.165) is 17.8 Å². The highest BCUT2D eigenvalue weighted by Gasteiger charge is 2.34. The highest BCUT2D eigenvalue weighted by molar-refractivity contribution is 6.30. The molecular formula is C30H33ClN2O5. The predicted octanol–water partition coefficient (Wildman–Crippen LogP) is 6.79. The molecule has 0 spiro atoms. The summed E-state index contributed by atoms with van der Waals surface area (Å²) in [4.78, 5) is 28.4. The van der Waals surface area contributed by atoms with Gasteiger partial charge >= 0.3 is 12.1 Å². The van der Waals surface area contributed by atoms with Gasteiger partial charge in [0.25, 0.3) is 0 Å². The number of rotatable bonds is 8. The van der Waals surface area contributed by atoms with E-state index in [-0.39, 0.29) is 18.0 Å². The average Bonchev–Trinajstić information content (AvgIpc) is 2.85. The number of esters is 1. The Hall–Kier alpha value is -3.71. The Labute approximate surface area is 228 Å². The van der Waals surface area contributed by atoms with Crippen LogP contribution in [-0.4, -0.2) is 49.3 Å². The molecule has 7 nitrogen and oxygen atoms in total. The van der Waals surface area contributed by atoms with Gasteiger partial charge in [-0.25, -0.2) is 9.59 Å². The fourth-order valence-corrected chi connectivity index (χ4v) is 4.36. The van der Waals surface area contributed by atoms with Gasteiger partial charge in [0.15, 0.2) is 0 Å². The number of likely N-dealkylation sites (tertiary alicyclic amines) is 1. The van der Waals surface area contributed by atoms with E-state index in [1.54, 1.807) is 23.1 Å². The molecule has 1 amide bonds. The molecule has 1 aliphatic heterocycles. The lowest BCUT2D eigenvalue weighted by Gasteiger charge is -2.42. The van der Waals surface area contributed by atoms with Gasteiger partial charge < -0.3 is 24.0 Å². The van der Waals surface area contributed by atoms with Gasteiger partial charge in [0.05, 0.1) is 12.7 Å². The lowest BCUT2D eigenvalue weighted by molar-refractivity contribution is 0.0000150. The molecule has 8 heteroatoms. The molecule has 0 bridgehead atoms. The van der Waals surface area contributed by atoms with Crippen molar-refractivity contribution in [2.45, 2.75) is 32.9 Å². The molecule has 0 unspecified atom stereocenters. The molecule has 4 rings (SSSR count). The van der Waals surface area contributed by atoms with Crippen molar-refractivity contribution in [3.05, 3.63) is 88.9 Å². The zero-order chi connectivity index (χ0) is 27.3. The maximum absolute atomic E-state index is 12.4. The summed E-state index contributed by atoms with van der Waals surface area (Å²) < 4.78 is 16.3. The van der Waals surface area contributed by atoms with Crippen LogP contribution in [0.15, 0.2) is 72.8 Å². The van der Waals surface area contributed by atoms with Crippen molar-refractivity contribution in [3.63, 3.8) is 0 Å². The molecule has 0 aromatic heterocycles. The molecule has 0 aliphatic carbocycles. The first-order valence-corrected chi connectivity index (χ1v) is 12.9. The fourth-order valence-electron chi connectivity index (χ4n) is 4.23. The first kappa shape index (κ1) is 27.3. The van der Waals surface area contributed by atoms with E-state index in [0.29, 0.717) is 41.7 Å². The minimum Gasteiger partial charge on any atom is -0.465 e. The van der Waals surface area contributed by atoms with Crippen LogP contribution in [-0.2, 0) is 16.0 Å². The third-order valence-electron chi connectivity index (χ3n) is 6.06. The van der Waals surface area contributed by atoms with Crippen LogP contribution >= 0.6 is 11.6 Å². The summed E-state index contributed by atoms with van der Waals surface area (Å²) in [6, 6.07) is 22.5. The Morgan fingerprint density at radius 3 is 2.21 bits per heavy atom. The van der Waals surface area contributed by atoms with Gasteiger partial charge in [-0.05, 0) is 87.0 Å². The molecule has 1 fully saturated rings. The Morgan fingerprint density at radius 1 is 0.974 bits per heavy atom. The van der Waals surface area contributed by atoms with Crippen molar-refractivity contribution in [1.29, 1.82) is 0 Å². The summed E-state index contributed by atoms with van der Waals surface area (Å²) in [5.74, 6) is 1.34. The van der Waals surface area contributed by atoms with Gasteiger partial charge in [0.1, 0.15) is 17.1 Å². The smallest absolute Gasteiger partial charge is 0.410 e. The van der Waals surface area contributed by atoms with E-state index in [9.17, 15) is 9.59 Å². The van der Waals surface area contributed by atoms with Crippen LogP contribution in [0.4, 0.5) is 10.5 Å². The van der Waals surface area contributed by atoms with E-state index in [1.165, 1.54) is 7.11 Å². The molecule has 0 saturated carbocycles. The van der Waals surface area contributed by atoms with Crippen LogP contribution in [0.25, 0.3) is 0 Å². The van der Waals surface area contributed by atoms with Crippen LogP contribution in [0, 0.1) is 5.92 Å². The summed E-state index contributed by atoms with van der Waals surface area (Å²) in [5.41, 5.74) is 1.98. The van der Waals surface area contributed by atoms with E-state index in [1.807, 2.05) is 75.4 Å². The number of benzene rings is 3. The lowest BCUT2D eigenvalue weighted by Crippen LogP contribution is -2.54. The van der Waals surface area contributed by atoms with E-state index in [2.05, 4.69) is 4.90 Å². The third-order valence-corrected chi connectivity index (χ3v) is 6.31. The van der Waals surface area contributed by atoms with E-state index < -0.39 is 5.60 Å². The molecule has 1 saturated heterocycles.